The zero-order chi connectivity index (χ0) is 16.1. The van der Waals surface area contributed by atoms with Crippen LogP contribution in [-0.4, -0.2) is 0 Å². The average Bonchev–Trinajstić information content (AvgIpc) is 2.53. The van der Waals surface area contributed by atoms with Crippen molar-refractivity contribution in [1.82, 2.24) is 0 Å². The van der Waals surface area contributed by atoms with E-state index in [9.17, 15) is 0 Å². The molecule has 0 amide bonds. The molecule has 2 aromatic rings. The standard InChI is InChI=1S/C22H24/c1-6-17(4)22(21-14-13-16(3)15-18(21)5)20(7-2)19-11-9-8-10-12-19/h6-15H,1H2,2-5H3/b20-7-,22-17+. The zero-order valence-electron chi connectivity index (χ0n) is 14.0. The Morgan fingerprint density at radius 1 is 1.00 bits per heavy atom. The average molecular weight is 288 g/mol. The Morgan fingerprint density at radius 2 is 1.68 bits per heavy atom. The third-order valence-electron chi connectivity index (χ3n) is 3.99. The molecule has 0 N–H and O–H groups in total. The number of hydrogen-bond donors (Lipinski definition) is 0. The van der Waals surface area contributed by atoms with Crippen LogP contribution in [0.2, 0.25) is 0 Å². The minimum absolute atomic E-state index is 1.20. The molecule has 0 saturated heterocycles. The van der Waals surface area contributed by atoms with Crippen molar-refractivity contribution in [1.29, 1.82) is 0 Å². The van der Waals surface area contributed by atoms with Crippen molar-refractivity contribution in [3.05, 3.63) is 95.1 Å². The molecule has 0 nitrogen and oxygen atoms in total. The minimum atomic E-state index is 1.20. The van der Waals surface area contributed by atoms with Crippen molar-refractivity contribution in [3.63, 3.8) is 0 Å². The molecular weight excluding hydrogens is 264 g/mol. The molecule has 2 rings (SSSR count). The molecule has 0 unspecified atom stereocenters. The molecule has 2 aromatic carbocycles. The summed E-state index contributed by atoms with van der Waals surface area (Å²) in [5, 5.41) is 0. The first kappa shape index (κ1) is 16.0. The van der Waals surface area contributed by atoms with Gasteiger partial charge in [0.1, 0.15) is 0 Å². The summed E-state index contributed by atoms with van der Waals surface area (Å²) in [5.74, 6) is 0. The monoisotopic (exact) mass is 288 g/mol. The lowest BCUT2D eigenvalue weighted by atomic mass is 9.86. The lowest BCUT2D eigenvalue weighted by molar-refractivity contribution is 1.35. The highest BCUT2D eigenvalue weighted by Gasteiger charge is 2.14. The van der Waals surface area contributed by atoms with Gasteiger partial charge in [0.15, 0.2) is 0 Å². The number of rotatable bonds is 4. The zero-order valence-corrected chi connectivity index (χ0v) is 14.0. The van der Waals surface area contributed by atoms with Crippen LogP contribution in [0.15, 0.2) is 72.8 Å². The van der Waals surface area contributed by atoms with E-state index < -0.39 is 0 Å². The van der Waals surface area contributed by atoms with Gasteiger partial charge in [-0.15, -0.1) is 0 Å². The molecule has 22 heavy (non-hydrogen) atoms. The number of allylic oxidation sites excluding steroid dienone is 5. The lowest BCUT2D eigenvalue weighted by Gasteiger charge is -2.18. The van der Waals surface area contributed by atoms with E-state index >= 15 is 0 Å². The fourth-order valence-electron chi connectivity index (χ4n) is 2.84. The number of aryl methyl sites for hydroxylation is 2. The molecule has 0 aliphatic heterocycles. The van der Waals surface area contributed by atoms with Crippen molar-refractivity contribution in [2.75, 3.05) is 0 Å². The van der Waals surface area contributed by atoms with Gasteiger partial charge in [0.05, 0.1) is 0 Å². The summed E-state index contributed by atoms with van der Waals surface area (Å²) in [6, 6.07) is 17.2. The van der Waals surface area contributed by atoms with Crippen LogP contribution in [0.1, 0.15) is 36.1 Å². The van der Waals surface area contributed by atoms with Gasteiger partial charge >= 0.3 is 0 Å². The van der Waals surface area contributed by atoms with Crippen LogP contribution in [0.3, 0.4) is 0 Å². The minimum Gasteiger partial charge on any atom is -0.0988 e. The van der Waals surface area contributed by atoms with Crippen molar-refractivity contribution in [2.24, 2.45) is 0 Å². The first-order valence-electron chi connectivity index (χ1n) is 7.71. The predicted octanol–water partition coefficient (Wildman–Crippen LogP) is 6.37. The van der Waals surface area contributed by atoms with Crippen LogP contribution in [0, 0.1) is 13.8 Å². The van der Waals surface area contributed by atoms with Crippen molar-refractivity contribution in [2.45, 2.75) is 27.7 Å². The summed E-state index contributed by atoms with van der Waals surface area (Å²) in [5.41, 5.74) is 8.82. The Labute approximate surface area is 134 Å². The molecule has 0 bridgehead atoms. The van der Waals surface area contributed by atoms with Gasteiger partial charge in [0.25, 0.3) is 0 Å². The SMILES string of the molecule is C=C/C(C)=C(\C(=C/C)c1ccccc1)c1ccc(C)cc1C. The summed E-state index contributed by atoms with van der Waals surface area (Å²) in [6.07, 6.45) is 4.14. The summed E-state index contributed by atoms with van der Waals surface area (Å²) < 4.78 is 0. The lowest BCUT2D eigenvalue weighted by Crippen LogP contribution is -1.96. The molecule has 0 heterocycles. The van der Waals surface area contributed by atoms with Gasteiger partial charge in [-0.05, 0) is 61.1 Å². The van der Waals surface area contributed by atoms with E-state index in [1.807, 2.05) is 6.08 Å². The molecule has 0 spiro atoms. The molecule has 0 atom stereocenters. The van der Waals surface area contributed by atoms with Gasteiger partial charge in [0, 0.05) is 0 Å². The van der Waals surface area contributed by atoms with E-state index in [0.29, 0.717) is 0 Å². The summed E-state index contributed by atoms with van der Waals surface area (Å²) in [7, 11) is 0. The summed E-state index contributed by atoms with van der Waals surface area (Å²) >= 11 is 0. The maximum atomic E-state index is 3.98. The second kappa shape index (κ2) is 7.09. The van der Waals surface area contributed by atoms with Crippen LogP contribution in [0.5, 0.6) is 0 Å². The van der Waals surface area contributed by atoms with E-state index in [4.69, 9.17) is 0 Å². The molecule has 0 heteroatoms. The van der Waals surface area contributed by atoms with E-state index in [-0.39, 0.29) is 0 Å². The van der Waals surface area contributed by atoms with Gasteiger partial charge in [-0.2, -0.15) is 0 Å². The Hall–Kier alpha value is -2.34. The molecule has 0 fully saturated rings. The van der Waals surface area contributed by atoms with E-state index in [0.717, 1.165) is 0 Å². The molecule has 0 aromatic heterocycles. The van der Waals surface area contributed by atoms with Crippen LogP contribution >= 0.6 is 0 Å². The van der Waals surface area contributed by atoms with Crippen LogP contribution in [0.25, 0.3) is 11.1 Å². The maximum Gasteiger partial charge on any atom is -0.00770 e. The Kier molecular flexibility index (Phi) is 5.16. The Bertz CT molecular complexity index is 728. The molecule has 112 valence electrons. The van der Waals surface area contributed by atoms with Crippen LogP contribution in [-0.2, 0) is 0 Å². The van der Waals surface area contributed by atoms with Gasteiger partial charge in [-0.3, -0.25) is 0 Å². The van der Waals surface area contributed by atoms with Crippen LogP contribution in [0.4, 0.5) is 0 Å². The van der Waals surface area contributed by atoms with Gasteiger partial charge in [-0.25, -0.2) is 0 Å². The number of benzene rings is 2. The highest BCUT2D eigenvalue weighted by Crippen LogP contribution is 2.36. The maximum absolute atomic E-state index is 3.98. The molecule has 0 radical (unpaired) electrons. The second-order valence-corrected chi connectivity index (χ2v) is 5.65. The summed E-state index contributed by atoms with van der Waals surface area (Å²) in [4.78, 5) is 0. The number of hydrogen-bond acceptors (Lipinski definition) is 0. The third-order valence-corrected chi connectivity index (χ3v) is 3.99. The smallest absolute Gasteiger partial charge is 0.00770 e. The highest BCUT2D eigenvalue weighted by atomic mass is 14.2. The predicted molar refractivity (Wildman–Crippen MR) is 98.8 cm³/mol. The summed E-state index contributed by atoms with van der Waals surface area (Å²) in [6.45, 7) is 12.5. The first-order chi connectivity index (χ1) is 10.6. The second-order valence-electron chi connectivity index (χ2n) is 5.65. The van der Waals surface area contributed by atoms with E-state index in [1.165, 1.54) is 39.0 Å². The molecule has 0 aliphatic rings. The topological polar surface area (TPSA) is 0 Å². The van der Waals surface area contributed by atoms with Crippen LogP contribution < -0.4 is 0 Å². The quantitative estimate of drug-likeness (QED) is 0.574. The Balaban J connectivity index is 2.69. The Morgan fingerprint density at radius 3 is 2.23 bits per heavy atom. The fraction of sp³-hybridized carbons (Fsp3) is 0.182. The van der Waals surface area contributed by atoms with Gasteiger partial charge in [-0.1, -0.05) is 72.8 Å². The fourth-order valence-corrected chi connectivity index (χ4v) is 2.84. The van der Waals surface area contributed by atoms with Gasteiger partial charge < -0.3 is 0 Å². The third kappa shape index (κ3) is 3.28. The van der Waals surface area contributed by atoms with E-state index in [2.05, 4.69) is 88.9 Å². The first-order valence-corrected chi connectivity index (χ1v) is 7.71. The van der Waals surface area contributed by atoms with Crippen molar-refractivity contribution >= 4 is 11.1 Å². The molecule has 0 saturated carbocycles. The molecular formula is C22H24. The largest absolute Gasteiger partial charge is 0.0988 e. The molecule has 0 aliphatic carbocycles. The highest BCUT2D eigenvalue weighted by molar-refractivity contribution is 6.07. The van der Waals surface area contributed by atoms with Gasteiger partial charge in [0.2, 0.25) is 0 Å². The van der Waals surface area contributed by atoms with Crippen molar-refractivity contribution in [3.8, 4) is 0 Å². The normalized spacial score (nSPS) is 12.8. The van der Waals surface area contributed by atoms with Crippen molar-refractivity contribution < 1.29 is 0 Å². The van der Waals surface area contributed by atoms with E-state index in [1.54, 1.807) is 0 Å².